The van der Waals surface area contributed by atoms with Gasteiger partial charge in [-0.25, -0.2) is 9.37 Å². The predicted octanol–water partition coefficient (Wildman–Crippen LogP) is 3.66. The van der Waals surface area contributed by atoms with Gasteiger partial charge in [0.25, 0.3) is 5.91 Å². The Balaban J connectivity index is 0.00000363. The maximum absolute atomic E-state index is 13.7. The molecule has 0 bridgehead atoms. The summed E-state index contributed by atoms with van der Waals surface area (Å²) < 4.78 is 13.7. The minimum absolute atomic E-state index is 0. The molecule has 0 aliphatic heterocycles. The smallest absolute Gasteiger partial charge is 0.254 e. The van der Waals surface area contributed by atoms with Crippen molar-refractivity contribution in [1.29, 1.82) is 0 Å². The molecule has 1 heterocycles. The summed E-state index contributed by atoms with van der Waals surface area (Å²) in [7, 11) is 1.92. The molecule has 0 unspecified atom stereocenters. The number of aliphatic imine (C=N–C) groups is 1. The van der Waals surface area contributed by atoms with E-state index in [0.29, 0.717) is 32.1 Å². The number of hydrogen-bond donors (Lipinski definition) is 3. The number of hydrogen-bond acceptors (Lipinski definition) is 3. The summed E-state index contributed by atoms with van der Waals surface area (Å²) in [6.45, 7) is 3.90. The van der Waals surface area contributed by atoms with Crippen molar-refractivity contribution in [2.75, 3.05) is 26.7 Å². The number of amides is 1. The number of nitrogens with zero attached hydrogens (tertiary/aromatic N) is 3. The van der Waals surface area contributed by atoms with E-state index in [0.717, 1.165) is 17.1 Å². The number of rotatable bonds is 8. The molecule has 0 saturated carbocycles. The van der Waals surface area contributed by atoms with Gasteiger partial charge in [0.05, 0.1) is 30.5 Å². The van der Waals surface area contributed by atoms with Gasteiger partial charge >= 0.3 is 0 Å². The molecular formula is C23H28FIN6O. The molecule has 0 spiro atoms. The first-order chi connectivity index (χ1) is 15.1. The summed E-state index contributed by atoms with van der Waals surface area (Å²) in [5.41, 5.74) is 2.07. The van der Waals surface area contributed by atoms with E-state index in [4.69, 9.17) is 0 Å². The van der Waals surface area contributed by atoms with E-state index in [2.05, 4.69) is 25.6 Å². The van der Waals surface area contributed by atoms with Crippen LogP contribution in [0.3, 0.4) is 0 Å². The van der Waals surface area contributed by atoms with Gasteiger partial charge in [0.15, 0.2) is 5.96 Å². The van der Waals surface area contributed by atoms with Gasteiger partial charge < -0.3 is 20.5 Å². The Kier molecular flexibility index (Phi) is 10.1. The molecule has 3 N–H and O–H groups in total. The van der Waals surface area contributed by atoms with Crippen molar-refractivity contribution < 1.29 is 9.18 Å². The molecule has 32 heavy (non-hydrogen) atoms. The van der Waals surface area contributed by atoms with Crippen molar-refractivity contribution in [3.05, 3.63) is 78.0 Å². The van der Waals surface area contributed by atoms with E-state index in [1.807, 2.05) is 55.4 Å². The molecule has 2 aromatic carbocycles. The number of nitrogens with one attached hydrogen (secondary N) is 3. The van der Waals surface area contributed by atoms with E-state index in [1.54, 1.807) is 12.1 Å². The van der Waals surface area contributed by atoms with Gasteiger partial charge in [-0.05, 0) is 24.6 Å². The van der Waals surface area contributed by atoms with Crippen molar-refractivity contribution in [2.45, 2.75) is 13.5 Å². The van der Waals surface area contributed by atoms with Crippen LogP contribution in [0.15, 0.2) is 65.8 Å². The quantitative estimate of drug-likeness (QED) is 0.173. The zero-order chi connectivity index (χ0) is 22.1. The minimum atomic E-state index is -0.537. The van der Waals surface area contributed by atoms with Crippen LogP contribution in [0.1, 0.15) is 23.1 Å². The molecule has 3 aromatic rings. The van der Waals surface area contributed by atoms with Crippen LogP contribution >= 0.6 is 24.0 Å². The van der Waals surface area contributed by atoms with Gasteiger partial charge in [0.1, 0.15) is 11.6 Å². The third-order valence-electron chi connectivity index (χ3n) is 4.57. The number of aromatic nitrogens is 2. The molecule has 170 valence electrons. The SMILES string of the molecule is CCNC(=NCCNC(=O)c1ccccc1F)N(C)Cc1ncc(-c2ccccc2)[nH]1.I. The first-order valence-corrected chi connectivity index (χ1v) is 10.2. The lowest BCUT2D eigenvalue weighted by Gasteiger charge is -2.21. The van der Waals surface area contributed by atoms with E-state index < -0.39 is 11.7 Å². The molecule has 0 atom stereocenters. The maximum Gasteiger partial charge on any atom is 0.254 e. The lowest BCUT2D eigenvalue weighted by atomic mass is 10.2. The van der Waals surface area contributed by atoms with E-state index in [-0.39, 0.29) is 29.5 Å². The monoisotopic (exact) mass is 550 g/mol. The summed E-state index contributed by atoms with van der Waals surface area (Å²) >= 11 is 0. The summed E-state index contributed by atoms with van der Waals surface area (Å²) in [5.74, 6) is 0.528. The second-order valence-corrected chi connectivity index (χ2v) is 6.94. The second-order valence-electron chi connectivity index (χ2n) is 6.94. The number of benzene rings is 2. The molecule has 0 aliphatic carbocycles. The largest absolute Gasteiger partial charge is 0.357 e. The molecule has 0 radical (unpaired) electrons. The summed E-state index contributed by atoms with van der Waals surface area (Å²) in [4.78, 5) is 26.4. The summed E-state index contributed by atoms with van der Waals surface area (Å²) in [6, 6.07) is 15.9. The van der Waals surface area contributed by atoms with Gasteiger partial charge in [0.2, 0.25) is 0 Å². The molecule has 0 saturated heterocycles. The van der Waals surface area contributed by atoms with Crippen molar-refractivity contribution in [3.63, 3.8) is 0 Å². The van der Waals surface area contributed by atoms with Crippen molar-refractivity contribution >= 4 is 35.8 Å². The fourth-order valence-corrected chi connectivity index (χ4v) is 3.05. The van der Waals surface area contributed by atoms with Gasteiger partial charge in [0, 0.05) is 20.1 Å². The number of carbonyl (C=O) groups is 1. The fourth-order valence-electron chi connectivity index (χ4n) is 3.05. The highest BCUT2D eigenvalue weighted by Gasteiger charge is 2.11. The minimum Gasteiger partial charge on any atom is -0.357 e. The van der Waals surface area contributed by atoms with E-state index in [1.165, 1.54) is 12.1 Å². The van der Waals surface area contributed by atoms with E-state index >= 15 is 0 Å². The fraction of sp³-hybridized carbons (Fsp3) is 0.261. The Morgan fingerprint density at radius 2 is 1.84 bits per heavy atom. The van der Waals surface area contributed by atoms with Gasteiger partial charge in [-0.3, -0.25) is 9.79 Å². The van der Waals surface area contributed by atoms with Crippen LogP contribution in [0.4, 0.5) is 4.39 Å². The molecule has 0 aliphatic rings. The number of halogens is 2. The average molecular weight is 550 g/mol. The Labute approximate surface area is 204 Å². The number of aromatic amines is 1. The Morgan fingerprint density at radius 3 is 2.56 bits per heavy atom. The lowest BCUT2D eigenvalue weighted by Crippen LogP contribution is -2.39. The van der Waals surface area contributed by atoms with Crippen LogP contribution in [0.5, 0.6) is 0 Å². The lowest BCUT2D eigenvalue weighted by molar-refractivity contribution is 0.0950. The maximum atomic E-state index is 13.7. The third-order valence-corrected chi connectivity index (χ3v) is 4.57. The number of H-pyrrole nitrogens is 1. The zero-order valence-corrected chi connectivity index (χ0v) is 20.5. The van der Waals surface area contributed by atoms with Gasteiger partial charge in [-0.15, -0.1) is 24.0 Å². The normalized spacial score (nSPS) is 10.9. The van der Waals surface area contributed by atoms with Crippen LogP contribution < -0.4 is 10.6 Å². The Hall–Kier alpha value is -2.95. The van der Waals surface area contributed by atoms with Crippen LogP contribution in [-0.2, 0) is 6.54 Å². The molecule has 3 rings (SSSR count). The Morgan fingerprint density at radius 1 is 1.12 bits per heavy atom. The van der Waals surface area contributed by atoms with Crippen molar-refractivity contribution in [2.24, 2.45) is 4.99 Å². The van der Waals surface area contributed by atoms with Gasteiger partial charge in [-0.1, -0.05) is 42.5 Å². The van der Waals surface area contributed by atoms with Crippen molar-refractivity contribution in [1.82, 2.24) is 25.5 Å². The highest BCUT2D eigenvalue weighted by atomic mass is 127. The standard InChI is InChI=1S/C23H27FN6O.HI/c1-3-25-23(27-14-13-26-22(31)18-11-7-8-12-19(18)24)30(2)16-21-28-15-20(29-21)17-9-5-4-6-10-17;/h4-12,15H,3,13-14,16H2,1-2H3,(H,25,27)(H,26,31)(H,28,29);1H. The zero-order valence-electron chi connectivity index (χ0n) is 18.1. The van der Waals surface area contributed by atoms with E-state index in [9.17, 15) is 9.18 Å². The van der Waals surface area contributed by atoms with Gasteiger partial charge in [-0.2, -0.15) is 0 Å². The number of carbonyl (C=O) groups excluding carboxylic acids is 1. The van der Waals surface area contributed by atoms with Crippen LogP contribution in [-0.4, -0.2) is 53.4 Å². The molecular weight excluding hydrogens is 522 g/mol. The topological polar surface area (TPSA) is 85.4 Å². The molecule has 1 amide bonds. The van der Waals surface area contributed by atoms with Crippen LogP contribution in [0.2, 0.25) is 0 Å². The summed E-state index contributed by atoms with van der Waals surface area (Å²) in [6.07, 6.45) is 1.82. The van der Waals surface area contributed by atoms with Crippen LogP contribution in [0, 0.1) is 5.82 Å². The van der Waals surface area contributed by atoms with Crippen LogP contribution in [0.25, 0.3) is 11.3 Å². The molecule has 0 fully saturated rings. The highest BCUT2D eigenvalue weighted by Crippen LogP contribution is 2.16. The van der Waals surface area contributed by atoms with Crippen molar-refractivity contribution in [3.8, 4) is 11.3 Å². The summed E-state index contributed by atoms with van der Waals surface area (Å²) in [5, 5.41) is 5.93. The first kappa shape index (κ1) is 25.3. The number of guanidine groups is 1. The number of imidazole rings is 1. The second kappa shape index (κ2) is 12.8. The third kappa shape index (κ3) is 7.04. The molecule has 1 aromatic heterocycles. The molecule has 9 heteroatoms. The highest BCUT2D eigenvalue weighted by molar-refractivity contribution is 14.0. The molecule has 7 nitrogen and oxygen atoms in total. The predicted molar refractivity (Wildman–Crippen MR) is 136 cm³/mol. The Bertz CT molecular complexity index is 1020. The first-order valence-electron chi connectivity index (χ1n) is 10.2. The average Bonchev–Trinajstić information content (AvgIpc) is 3.25.